The molecule has 0 amide bonds. The third kappa shape index (κ3) is 3.14. The van der Waals surface area contributed by atoms with Gasteiger partial charge in [-0.05, 0) is 23.6 Å². The summed E-state index contributed by atoms with van der Waals surface area (Å²) in [7, 11) is 0. The number of aromatic nitrogens is 2. The molecule has 0 fully saturated rings. The first-order valence-corrected chi connectivity index (χ1v) is 7.72. The molecule has 3 aromatic rings. The summed E-state index contributed by atoms with van der Waals surface area (Å²) in [6, 6.07) is 12.3. The van der Waals surface area contributed by atoms with Gasteiger partial charge in [-0.25, -0.2) is 0 Å². The number of hydrogen-bond acceptors (Lipinski definition) is 5. The molecule has 1 aromatic heterocycles. The molecule has 0 unspecified atom stereocenters. The Labute approximate surface area is 143 Å². The molecule has 0 spiro atoms. The van der Waals surface area contributed by atoms with E-state index < -0.39 is 4.92 Å². The maximum atomic E-state index is 11.0. The van der Waals surface area contributed by atoms with Crippen LogP contribution in [0.15, 0.2) is 47.0 Å². The third-order valence-electron chi connectivity index (χ3n) is 3.65. The molecular weight excluding hydrogens is 330 g/mol. The number of rotatable bonds is 4. The van der Waals surface area contributed by atoms with E-state index in [2.05, 4.69) is 24.0 Å². The van der Waals surface area contributed by atoms with E-state index in [0.717, 1.165) is 5.56 Å². The lowest BCUT2D eigenvalue weighted by Crippen LogP contribution is -1.90. The van der Waals surface area contributed by atoms with Crippen molar-refractivity contribution < 1.29 is 9.45 Å². The average Bonchev–Trinajstić information content (AvgIpc) is 3.05. The van der Waals surface area contributed by atoms with Gasteiger partial charge in [0, 0.05) is 17.2 Å². The Balaban J connectivity index is 1.93. The van der Waals surface area contributed by atoms with E-state index in [1.807, 2.05) is 24.3 Å². The second-order valence-electron chi connectivity index (χ2n) is 5.62. The Bertz CT molecular complexity index is 888. The van der Waals surface area contributed by atoms with Crippen LogP contribution in [0, 0.1) is 10.1 Å². The number of hydrogen-bond donors (Lipinski definition) is 0. The van der Waals surface area contributed by atoms with Crippen LogP contribution in [0.3, 0.4) is 0 Å². The molecule has 1 heterocycles. The molecule has 0 aliphatic heterocycles. The van der Waals surface area contributed by atoms with E-state index in [4.69, 9.17) is 16.1 Å². The normalized spacial score (nSPS) is 11.0. The number of nitro benzene ring substituents is 1. The second kappa shape index (κ2) is 6.41. The van der Waals surface area contributed by atoms with Gasteiger partial charge in [-0.15, -0.1) is 0 Å². The Morgan fingerprint density at radius 2 is 1.79 bits per heavy atom. The van der Waals surface area contributed by atoms with Crippen LogP contribution in [-0.2, 0) is 0 Å². The van der Waals surface area contributed by atoms with Crippen molar-refractivity contribution in [3.63, 3.8) is 0 Å². The predicted octanol–water partition coefficient (Wildman–Crippen LogP) is 5.09. The maximum absolute atomic E-state index is 11.0. The minimum atomic E-state index is -0.548. The highest BCUT2D eigenvalue weighted by Crippen LogP contribution is 2.30. The summed E-state index contributed by atoms with van der Waals surface area (Å²) < 4.78 is 5.23. The molecule has 2 aromatic carbocycles. The van der Waals surface area contributed by atoms with Crippen LogP contribution in [-0.4, -0.2) is 15.1 Å². The van der Waals surface area contributed by atoms with Crippen molar-refractivity contribution in [3.05, 3.63) is 63.2 Å². The number of nitro groups is 1. The van der Waals surface area contributed by atoms with E-state index in [9.17, 15) is 10.1 Å². The van der Waals surface area contributed by atoms with Gasteiger partial charge in [-0.1, -0.05) is 54.9 Å². The van der Waals surface area contributed by atoms with Crippen molar-refractivity contribution in [1.29, 1.82) is 0 Å². The van der Waals surface area contributed by atoms with Crippen molar-refractivity contribution in [2.24, 2.45) is 0 Å². The Morgan fingerprint density at radius 3 is 2.42 bits per heavy atom. The van der Waals surface area contributed by atoms with Gasteiger partial charge in [-0.3, -0.25) is 10.1 Å². The zero-order valence-electron chi connectivity index (χ0n) is 13.1. The lowest BCUT2D eigenvalue weighted by atomic mass is 10.0. The van der Waals surface area contributed by atoms with Gasteiger partial charge < -0.3 is 4.52 Å². The largest absolute Gasteiger partial charge is 0.334 e. The highest BCUT2D eigenvalue weighted by Gasteiger charge is 2.17. The van der Waals surface area contributed by atoms with Gasteiger partial charge in [0.2, 0.25) is 5.82 Å². The first kappa shape index (κ1) is 16.1. The molecule has 122 valence electrons. The van der Waals surface area contributed by atoms with Crippen molar-refractivity contribution in [3.8, 4) is 22.8 Å². The highest BCUT2D eigenvalue weighted by molar-refractivity contribution is 6.32. The molecule has 7 heteroatoms. The van der Waals surface area contributed by atoms with Crippen molar-refractivity contribution in [1.82, 2.24) is 10.1 Å². The molecule has 0 atom stereocenters. The maximum Gasteiger partial charge on any atom is 0.288 e. The SMILES string of the molecule is CC(C)c1ccc(-c2noc(-c3ccc(Cl)c([N+](=O)[O-])c3)n2)cc1. The van der Waals surface area contributed by atoms with Crippen LogP contribution in [0.2, 0.25) is 5.02 Å². The monoisotopic (exact) mass is 343 g/mol. The van der Waals surface area contributed by atoms with E-state index >= 15 is 0 Å². The van der Waals surface area contributed by atoms with Crippen LogP contribution in [0.25, 0.3) is 22.8 Å². The van der Waals surface area contributed by atoms with Crippen LogP contribution >= 0.6 is 11.6 Å². The Hall–Kier alpha value is -2.73. The number of benzene rings is 2. The standard InChI is InChI=1S/C17H14ClN3O3/c1-10(2)11-3-5-12(6-4-11)16-19-17(24-20-16)13-7-8-14(18)15(9-13)21(22)23/h3-10H,1-2H3. The second-order valence-corrected chi connectivity index (χ2v) is 6.03. The van der Waals surface area contributed by atoms with Crippen molar-refractivity contribution in [2.75, 3.05) is 0 Å². The van der Waals surface area contributed by atoms with E-state index in [1.54, 1.807) is 6.07 Å². The van der Waals surface area contributed by atoms with Gasteiger partial charge in [0.15, 0.2) is 0 Å². The molecule has 0 radical (unpaired) electrons. The summed E-state index contributed by atoms with van der Waals surface area (Å²) >= 11 is 5.81. The zero-order chi connectivity index (χ0) is 17.3. The Kier molecular flexibility index (Phi) is 4.31. The number of nitrogens with zero attached hydrogens (tertiary/aromatic N) is 3. The molecule has 0 aliphatic rings. The van der Waals surface area contributed by atoms with Crippen LogP contribution in [0.4, 0.5) is 5.69 Å². The fourth-order valence-electron chi connectivity index (χ4n) is 2.26. The lowest BCUT2D eigenvalue weighted by Gasteiger charge is -2.04. The molecule has 6 nitrogen and oxygen atoms in total. The van der Waals surface area contributed by atoms with Crippen LogP contribution < -0.4 is 0 Å². The Morgan fingerprint density at radius 1 is 1.12 bits per heavy atom. The van der Waals surface area contributed by atoms with Gasteiger partial charge >= 0.3 is 0 Å². The summed E-state index contributed by atoms with van der Waals surface area (Å²) in [5, 5.41) is 15.0. The molecule has 3 rings (SSSR count). The highest BCUT2D eigenvalue weighted by atomic mass is 35.5. The van der Waals surface area contributed by atoms with Gasteiger partial charge in [0.1, 0.15) is 5.02 Å². The topological polar surface area (TPSA) is 82.1 Å². The summed E-state index contributed by atoms with van der Waals surface area (Å²) in [5.41, 5.74) is 2.28. The first-order chi connectivity index (χ1) is 11.5. The smallest absolute Gasteiger partial charge is 0.288 e. The molecule has 0 saturated heterocycles. The van der Waals surface area contributed by atoms with Gasteiger partial charge in [-0.2, -0.15) is 4.98 Å². The van der Waals surface area contributed by atoms with Crippen LogP contribution in [0.5, 0.6) is 0 Å². The summed E-state index contributed by atoms with van der Waals surface area (Å²) in [6.07, 6.45) is 0. The van der Waals surface area contributed by atoms with E-state index in [0.29, 0.717) is 17.3 Å². The minimum Gasteiger partial charge on any atom is -0.334 e. The van der Waals surface area contributed by atoms with Crippen LogP contribution in [0.1, 0.15) is 25.3 Å². The van der Waals surface area contributed by atoms with Crippen molar-refractivity contribution >= 4 is 17.3 Å². The first-order valence-electron chi connectivity index (χ1n) is 7.34. The zero-order valence-corrected chi connectivity index (χ0v) is 13.8. The lowest BCUT2D eigenvalue weighted by molar-refractivity contribution is -0.384. The molecule has 0 N–H and O–H groups in total. The van der Waals surface area contributed by atoms with Gasteiger partial charge in [0.25, 0.3) is 11.6 Å². The van der Waals surface area contributed by atoms with E-state index in [-0.39, 0.29) is 16.6 Å². The summed E-state index contributed by atoms with van der Waals surface area (Å²) in [6.45, 7) is 4.24. The fourth-order valence-corrected chi connectivity index (χ4v) is 2.45. The minimum absolute atomic E-state index is 0.0627. The third-order valence-corrected chi connectivity index (χ3v) is 3.97. The average molecular weight is 344 g/mol. The molecule has 24 heavy (non-hydrogen) atoms. The van der Waals surface area contributed by atoms with E-state index in [1.165, 1.54) is 17.7 Å². The van der Waals surface area contributed by atoms with Crippen molar-refractivity contribution in [2.45, 2.75) is 19.8 Å². The fraction of sp³-hybridized carbons (Fsp3) is 0.176. The quantitative estimate of drug-likeness (QED) is 0.486. The molecule has 0 saturated carbocycles. The molecule has 0 aliphatic carbocycles. The summed E-state index contributed by atoms with van der Waals surface area (Å²) in [4.78, 5) is 14.7. The predicted molar refractivity (Wildman–Crippen MR) is 90.9 cm³/mol. The summed E-state index contributed by atoms with van der Waals surface area (Å²) in [5.74, 6) is 1.07. The molecular formula is C17H14ClN3O3. The van der Waals surface area contributed by atoms with Gasteiger partial charge in [0.05, 0.1) is 4.92 Å². The number of halogens is 1. The molecule has 0 bridgehead atoms.